The molecule has 17 heavy (non-hydrogen) atoms. The summed E-state index contributed by atoms with van der Waals surface area (Å²) in [7, 11) is 0. The molecule has 0 aliphatic heterocycles. The van der Waals surface area contributed by atoms with Gasteiger partial charge in [0.25, 0.3) is 0 Å². The zero-order chi connectivity index (χ0) is 13.3. The lowest BCUT2D eigenvalue weighted by atomic mass is 10.1. The number of hydrogen-bond donors (Lipinski definition) is 0. The molecule has 0 heterocycles. The maximum absolute atomic E-state index is 10.4. The van der Waals surface area contributed by atoms with Crippen LogP contribution in [0.25, 0.3) is 0 Å². The van der Waals surface area contributed by atoms with Gasteiger partial charge in [-0.05, 0) is 31.4 Å². The van der Waals surface area contributed by atoms with E-state index in [1.54, 1.807) is 0 Å². The Hall–Kier alpha value is -0.830. The second-order valence-electron chi connectivity index (χ2n) is 4.35. The normalized spacial score (nSPS) is 11.4. The van der Waals surface area contributed by atoms with Gasteiger partial charge in [0.05, 0.1) is 6.10 Å². The van der Waals surface area contributed by atoms with E-state index in [-0.39, 0.29) is 12.1 Å². The van der Waals surface area contributed by atoms with Crippen molar-refractivity contribution in [2.45, 2.75) is 40.2 Å². The van der Waals surface area contributed by atoms with Crippen LogP contribution in [0.2, 0.25) is 0 Å². The van der Waals surface area contributed by atoms with E-state index < -0.39 is 0 Å². The molecule has 0 aliphatic rings. The van der Waals surface area contributed by atoms with E-state index in [4.69, 9.17) is 4.74 Å². The molecule has 0 amide bonds. The second kappa shape index (κ2) is 9.23. The zero-order valence-electron chi connectivity index (χ0n) is 10.9. The Bertz CT molecular complexity index is 309. The molecule has 0 saturated heterocycles. The van der Waals surface area contributed by atoms with Crippen LogP contribution in [0.15, 0.2) is 34.8 Å². The van der Waals surface area contributed by atoms with Gasteiger partial charge >= 0.3 is 5.97 Å². The van der Waals surface area contributed by atoms with Crippen LogP contribution in [-0.4, -0.2) is 12.1 Å². The Morgan fingerprint density at radius 3 is 2.06 bits per heavy atom. The third-order valence-electron chi connectivity index (χ3n) is 1.90. The average Bonchev–Trinajstić information content (AvgIpc) is 2.16. The van der Waals surface area contributed by atoms with Gasteiger partial charge in [0, 0.05) is 11.4 Å². The van der Waals surface area contributed by atoms with Gasteiger partial charge in [0.15, 0.2) is 0 Å². The number of hydrogen-bond acceptors (Lipinski definition) is 2. The summed E-state index contributed by atoms with van der Waals surface area (Å²) >= 11 is 3.31. The fourth-order valence-corrected chi connectivity index (χ4v) is 1.72. The highest BCUT2D eigenvalue weighted by Crippen LogP contribution is 2.07. The molecule has 0 bridgehead atoms. The molecule has 0 fully saturated rings. The number of carbonyl (C=O) groups is 1. The number of esters is 1. The van der Waals surface area contributed by atoms with E-state index in [0.29, 0.717) is 5.92 Å². The summed E-state index contributed by atoms with van der Waals surface area (Å²) in [4.78, 5) is 10.4. The van der Waals surface area contributed by atoms with E-state index in [0.717, 1.165) is 10.9 Å². The summed E-state index contributed by atoms with van der Waals surface area (Å²) in [6, 6.07) is 9.97. The van der Waals surface area contributed by atoms with Gasteiger partial charge in [-0.1, -0.05) is 48.0 Å². The van der Waals surface area contributed by atoms with Gasteiger partial charge < -0.3 is 4.74 Å². The molecular formula is C14H21BrO2. The van der Waals surface area contributed by atoms with Crippen molar-refractivity contribution in [3.05, 3.63) is 34.8 Å². The number of carbonyl (C=O) groups excluding carboxylic acids is 1. The largest absolute Gasteiger partial charge is 0.463 e. The molecule has 96 valence electrons. The van der Waals surface area contributed by atoms with Gasteiger partial charge in [-0.15, -0.1) is 0 Å². The topological polar surface area (TPSA) is 26.3 Å². The molecule has 0 spiro atoms. The summed E-state index contributed by atoms with van der Waals surface area (Å²) < 4.78 is 6.06. The lowest BCUT2D eigenvalue weighted by Crippen LogP contribution is -2.14. The minimum atomic E-state index is -0.187. The monoisotopic (exact) mass is 300 g/mol. The van der Waals surface area contributed by atoms with Crippen LogP contribution in [0.3, 0.4) is 0 Å². The van der Waals surface area contributed by atoms with E-state index in [2.05, 4.69) is 29.8 Å². The molecule has 1 atom stereocenters. The maximum atomic E-state index is 10.4. The van der Waals surface area contributed by atoms with E-state index in [9.17, 15) is 4.79 Å². The van der Waals surface area contributed by atoms with E-state index >= 15 is 0 Å². The molecule has 0 aromatic heterocycles. The highest BCUT2D eigenvalue weighted by molar-refractivity contribution is 9.10. The van der Waals surface area contributed by atoms with E-state index in [1.807, 2.05) is 37.3 Å². The lowest BCUT2D eigenvalue weighted by molar-refractivity contribution is -0.146. The number of ether oxygens (including phenoxy) is 1. The molecule has 3 heteroatoms. The third-order valence-corrected chi connectivity index (χ3v) is 2.43. The van der Waals surface area contributed by atoms with Gasteiger partial charge in [0.1, 0.15) is 0 Å². The Labute approximate surface area is 112 Å². The summed E-state index contributed by atoms with van der Waals surface area (Å²) in [6.07, 6.45) is 1.01. The first kappa shape index (κ1) is 16.2. The van der Waals surface area contributed by atoms with Gasteiger partial charge in [-0.3, -0.25) is 4.79 Å². The highest BCUT2D eigenvalue weighted by Gasteiger charge is 2.06. The van der Waals surface area contributed by atoms with Crippen molar-refractivity contribution < 1.29 is 9.53 Å². The van der Waals surface area contributed by atoms with Crippen LogP contribution in [0.5, 0.6) is 0 Å². The number of rotatable bonds is 3. The zero-order valence-corrected chi connectivity index (χ0v) is 12.5. The maximum Gasteiger partial charge on any atom is 0.302 e. The first-order chi connectivity index (χ1) is 7.91. The Balaban J connectivity index is 0.000000318. The fraction of sp³-hybridized carbons (Fsp3) is 0.500. The van der Waals surface area contributed by atoms with Gasteiger partial charge in [0.2, 0.25) is 0 Å². The minimum absolute atomic E-state index is 0.0671. The van der Waals surface area contributed by atoms with Crippen molar-refractivity contribution >= 4 is 21.9 Å². The SMILES string of the molecule is Brc1ccccc1.CC(=O)OC(C)CC(C)C. The minimum Gasteiger partial charge on any atom is -0.463 e. The Morgan fingerprint density at radius 2 is 1.76 bits per heavy atom. The highest BCUT2D eigenvalue weighted by atomic mass is 79.9. The van der Waals surface area contributed by atoms with Crippen LogP contribution in [0.1, 0.15) is 34.1 Å². The number of halogens is 1. The summed E-state index contributed by atoms with van der Waals surface area (Å²) in [5.74, 6) is 0.405. The molecule has 1 rings (SSSR count). The van der Waals surface area contributed by atoms with E-state index in [1.165, 1.54) is 6.92 Å². The molecule has 0 aliphatic carbocycles. The van der Waals surface area contributed by atoms with Crippen LogP contribution in [0.4, 0.5) is 0 Å². The number of benzene rings is 1. The molecule has 1 aromatic rings. The van der Waals surface area contributed by atoms with Crippen molar-refractivity contribution in [2.24, 2.45) is 5.92 Å². The molecule has 1 unspecified atom stereocenters. The predicted molar refractivity (Wildman–Crippen MR) is 74.8 cm³/mol. The molecular weight excluding hydrogens is 280 g/mol. The van der Waals surface area contributed by atoms with Gasteiger partial charge in [-0.25, -0.2) is 0 Å². The van der Waals surface area contributed by atoms with Crippen LogP contribution in [-0.2, 0) is 9.53 Å². The van der Waals surface area contributed by atoms with Crippen molar-refractivity contribution in [3.8, 4) is 0 Å². The van der Waals surface area contributed by atoms with Crippen LogP contribution in [0, 0.1) is 5.92 Å². The summed E-state index contributed by atoms with van der Waals surface area (Å²) in [5.41, 5.74) is 0. The predicted octanol–water partition coefficient (Wildman–Crippen LogP) is 4.43. The Morgan fingerprint density at radius 1 is 1.24 bits per heavy atom. The smallest absolute Gasteiger partial charge is 0.302 e. The molecule has 0 saturated carbocycles. The second-order valence-corrected chi connectivity index (χ2v) is 5.26. The fourth-order valence-electron chi connectivity index (χ4n) is 1.41. The third kappa shape index (κ3) is 11.4. The molecule has 2 nitrogen and oxygen atoms in total. The molecule has 0 N–H and O–H groups in total. The quantitative estimate of drug-likeness (QED) is 0.772. The van der Waals surface area contributed by atoms with Crippen molar-refractivity contribution in [3.63, 3.8) is 0 Å². The van der Waals surface area contributed by atoms with Crippen molar-refractivity contribution in [1.82, 2.24) is 0 Å². The van der Waals surface area contributed by atoms with Crippen LogP contribution >= 0.6 is 15.9 Å². The van der Waals surface area contributed by atoms with Crippen LogP contribution < -0.4 is 0 Å². The molecule has 0 radical (unpaired) electrons. The van der Waals surface area contributed by atoms with Crippen molar-refractivity contribution in [2.75, 3.05) is 0 Å². The summed E-state index contributed by atoms with van der Waals surface area (Å²) in [5, 5.41) is 0. The first-order valence-corrected chi connectivity index (χ1v) is 6.59. The molecule has 1 aromatic carbocycles. The van der Waals surface area contributed by atoms with Crippen molar-refractivity contribution in [1.29, 1.82) is 0 Å². The Kier molecular flexibility index (Phi) is 8.78. The summed E-state index contributed by atoms with van der Waals surface area (Å²) in [6.45, 7) is 7.58. The van der Waals surface area contributed by atoms with Gasteiger partial charge in [-0.2, -0.15) is 0 Å². The standard InChI is InChI=1S/C8H16O2.C6H5Br/c1-6(2)5-7(3)10-8(4)9;7-6-4-2-1-3-5-6/h6-7H,5H2,1-4H3;1-5H. The average molecular weight is 301 g/mol. The lowest BCUT2D eigenvalue weighted by Gasteiger charge is -2.13. The first-order valence-electron chi connectivity index (χ1n) is 5.79.